The van der Waals surface area contributed by atoms with Gasteiger partial charge in [-0.05, 0) is 43.2 Å². The minimum atomic E-state index is 0.742. The summed E-state index contributed by atoms with van der Waals surface area (Å²) in [6.45, 7) is 5.01. The second kappa shape index (κ2) is 4.76. The highest BCUT2D eigenvalue weighted by Gasteiger charge is 2.03. The van der Waals surface area contributed by atoms with E-state index in [0.29, 0.717) is 0 Å². The van der Waals surface area contributed by atoms with Gasteiger partial charge in [-0.2, -0.15) is 0 Å². The Labute approximate surface area is 112 Å². The van der Waals surface area contributed by atoms with E-state index in [2.05, 4.69) is 48.5 Å². The van der Waals surface area contributed by atoms with Gasteiger partial charge in [0.15, 0.2) is 0 Å². The second-order valence-electron chi connectivity index (χ2n) is 4.80. The number of fused-ring (bicyclic) bond motifs is 1. The van der Waals surface area contributed by atoms with E-state index in [0.717, 1.165) is 17.9 Å². The number of rotatable bonds is 3. The molecule has 3 heteroatoms. The molecule has 0 unspecified atom stereocenters. The highest BCUT2D eigenvalue weighted by Crippen LogP contribution is 2.18. The van der Waals surface area contributed by atoms with Gasteiger partial charge in [0.25, 0.3) is 0 Å². The van der Waals surface area contributed by atoms with Crippen LogP contribution in [0.25, 0.3) is 5.65 Å². The van der Waals surface area contributed by atoms with Crippen LogP contribution in [0.2, 0.25) is 0 Å². The van der Waals surface area contributed by atoms with Crippen LogP contribution in [0.3, 0.4) is 0 Å². The van der Waals surface area contributed by atoms with E-state index in [1.54, 1.807) is 0 Å². The molecule has 0 atom stereocenters. The van der Waals surface area contributed by atoms with Crippen molar-refractivity contribution in [2.45, 2.75) is 20.4 Å². The molecule has 2 heterocycles. The Kier molecular flexibility index (Phi) is 2.95. The molecule has 1 N–H and O–H groups in total. The van der Waals surface area contributed by atoms with Crippen molar-refractivity contribution in [2.75, 3.05) is 5.32 Å². The van der Waals surface area contributed by atoms with Crippen LogP contribution in [0.15, 0.2) is 48.8 Å². The second-order valence-corrected chi connectivity index (χ2v) is 4.80. The zero-order valence-corrected chi connectivity index (χ0v) is 11.2. The summed E-state index contributed by atoms with van der Waals surface area (Å²) in [4.78, 5) is 4.58. The molecule has 0 saturated heterocycles. The van der Waals surface area contributed by atoms with Crippen LogP contribution in [0.1, 0.15) is 16.8 Å². The maximum absolute atomic E-state index is 4.58. The minimum absolute atomic E-state index is 0.742. The number of nitrogens with one attached hydrogen (secondary N) is 1. The summed E-state index contributed by atoms with van der Waals surface area (Å²) < 4.78 is 2.04. The van der Waals surface area contributed by atoms with Crippen molar-refractivity contribution in [1.29, 1.82) is 0 Å². The number of benzene rings is 1. The molecule has 0 spiro atoms. The molecule has 3 nitrogen and oxygen atoms in total. The van der Waals surface area contributed by atoms with Crippen molar-refractivity contribution in [3.05, 3.63) is 65.6 Å². The number of hydrogen-bond acceptors (Lipinski definition) is 2. The molecule has 0 fully saturated rings. The van der Waals surface area contributed by atoms with Gasteiger partial charge in [0.1, 0.15) is 5.65 Å². The van der Waals surface area contributed by atoms with Gasteiger partial charge < -0.3 is 9.72 Å². The zero-order chi connectivity index (χ0) is 13.2. The zero-order valence-electron chi connectivity index (χ0n) is 11.2. The molecule has 0 aliphatic carbocycles. The lowest BCUT2D eigenvalue weighted by atomic mass is 10.1. The fourth-order valence-corrected chi connectivity index (χ4v) is 2.20. The van der Waals surface area contributed by atoms with Crippen molar-refractivity contribution in [3.8, 4) is 0 Å². The first-order valence-corrected chi connectivity index (χ1v) is 6.47. The first-order chi connectivity index (χ1) is 9.24. The fraction of sp³-hybridized carbons (Fsp3) is 0.188. The quantitative estimate of drug-likeness (QED) is 0.771. The van der Waals surface area contributed by atoms with Crippen molar-refractivity contribution in [3.63, 3.8) is 0 Å². The van der Waals surface area contributed by atoms with Gasteiger partial charge in [-0.1, -0.05) is 18.2 Å². The Hall–Kier alpha value is -2.29. The fourth-order valence-electron chi connectivity index (χ4n) is 2.20. The van der Waals surface area contributed by atoms with Crippen LogP contribution in [-0.4, -0.2) is 9.38 Å². The van der Waals surface area contributed by atoms with E-state index < -0.39 is 0 Å². The maximum Gasteiger partial charge on any atom is 0.137 e. The van der Waals surface area contributed by atoms with E-state index in [9.17, 15) is 0 Å². The topological polar surface area (TPSA) is 29.3 Å². The molecule has 0 saturated carbocycles. The lowest BCUT2D eigenvalue weighted by Crippen LogP contribution is -2.01. The highest BCUT2D eigenvalue weighted by atomic mass is 15.0. The van der Waals surface area contributed by atoms with Crippen molar-refractivity contribution in [2.24, 2.45) is 0 Å². The predicted octanol–water partition coefficient (Wildman–Crippen LogP) is 3.56. The number of aromatic nitrogens is 2. The average molecular weight is 251 g/mol. The summed E-state index contributed by atoms with van der Waals surface area (Å²) in [7, 11) is 0. The first-order valence-electron chi connectivity index (χ1n) is 6.47. The first kappa shape index (κ1) is 11.8. The minimum Gasteiger partial charge on any atom is -0.379 e. The number of hydrogen-bond donors (Lipinski definition) is 1. The van der Waals surface area contributed by atoms with Gasteiger partial charge in [0, 0.05) is 18.1 Å². The summed E-state index contributed by atoms with van der Waals surface area (Å²) in [5.41, 5.74) is 5.82. The lowest BCUT2D eigenvalue weighted by Gasteiger charge is -2.09. The monoisotopic (exact) mass is 251 g/mol. The van der Waals surface area contributed by atoms with E-state index in [4.69, 9.17) is 0 Å². The SMILES string of the molecule is Cc1cccc(NCc2cn3ccccc3n2)c1C. The van der Waals surface area contributed by atoms with E-state index in [1.807, 2.05) is 28.8 Å². The molecule has 19 heavy (non-hydrogen) atoms. The largest absolute Gasteiger partial charge is 0.379 e. The Bertz CT molecular complexity index is 680. The molecule has 96 valence electrons. The summed E-state index contributed by atoms with van der Waals surface area (Å²) in [5.74, 6) is 0. The van der Waals surface area contributed by atoms with Gasteiger partial charge in [-0.3, -0.25) is 0 Å². The number of aryl methyl sites for hydroxylation is 1. The Balaban J connectivity index is 1.80. The van der Waals surface area contributed by atoms with E-state index >= 15 is 0 Å². The van der Waals surface area contributed by atoms with Crippen LogP contribution in [-0.2, 0) is 6.54 Å². The van der Waals surface area contributed by atoms with Crippen molar-refractivity contribution < 1.29 is 0 Å². The average Bonchev–Trinajstić information content (AvgIpc) is 2.83. The molecular formula is C16H17N3. The maximum atomic E-state index is 4.58. The normalized spacial score (nSPS) is 10.8. The summed E-state index contributed by atoms with van der Waals surface area (Å²) in [6.07, 6.45) is 4.08. The molecule has 0 radical (unpaired) electrons. The predicted molar refractivity (Wildman–Crippen MR) is 78.4 cm³/mol. The molecule has 0 aliphatic heterocycles. The van der Waals surface area contributed by atoms with Gasteiger partial charge in [-0.25, -0.2) is 4.98 Å². The summed E-state index contributed by atoms with van der Waals surface area (Å²) in [6, 6.07) is 12.3. The highest BCUT2D eigenvalue weighted by molar-refractivity contribution is 5.54. The van der Waals surface area contributed by atoms with Gasteiger partial charge in [0.2, 0.25) is 0 Å². The third-order valence-corrected chi connectivity index (χ3v) is 3.48. The van der Waals surface area contributed by atoms with Crippen LogP contribution in [0.5, 0.6) is 0 Å². The number of anilines is 1. The molecule has 3 aromatic rings. The number of imidazole rings is 1. The van der Waals surface area contributed by atoms with Crippen LogP contribution >= 0.6 is 0 Å². The molecule has 0 amide bonds. The number of nitrogens with zero attached hydrogens (tertiary/aromatic N) is 2. The smallest absolute Gasteiger partial charge is 0.137 e. The van der Waals surface area contributed by atoms with E-state index in [-0.39, 0.29) is 0 Å². The summed E-state index contributed by atoms with van der Waals surface area (Å²) >= 11 is 0. The van der Waals surface area contributed by atoms with Gasteiger partial charge in [-0.15, -0.1) is 0 Å². The molecule has 0 bridgehead atoms. The van der Waals surface area contributed by atoms with Crippen LogP contribution in [0, 0.1) is 13.8 Å². The Morgan fingerprint density at radius 2 is 2.00 bits per heavy atom. The number of pyridine rings is 1. The van der Waals surface area contributed by atoms with Gasteiger partial charge >= 0.3 is 0 Å². The Morgan fingerprint density at radius 3 is 2.84 bits per heavy atom. The third-order valence-electron chi connectivity index (χ3n) is 3.48. The van der Waals surface area contributed by atoms with Crippen molar-refractivity contribution in [1.82, 2.24) is 9.38 Å². The van der Waals surface area contributed by atoms with Gasteiger partial charge in [0.05, 0.1) is 12.2 Å². The van der Waals surface area contributed by atoms with E-state index in [1.165, 1.54) is 16.8 Å². The lowest BCUT2D eigenvalue weighted by molar-refractivity contribution is 1.07. The molecule has 0 aliphatic rings. The standard InChI is InChI=1S/C16H17N3/c1-12-6-5-7-15(13(12)2)17-10-14-11-19-9-4-3-8-16(19)18-14/h3-9,11,17H,10H2,1-2H3. The molecule has 1 aromatic carbocycles. The summed E-state index contributed by atoms with van der Waals surface area (Å²) in [5, 5.41) is 3.46. The van der Waals surface area contributed by atoms with Crippen LogP contribution in [0.4, 0.5) is 5.69 Å². The Morgan fingerprint density at radius 1 is 1.11 bits per heavy atom. The van der Waals surface area contributed by atoms with Crippen molar-refractivity contribution >= 4 is 11.3 Å². The third kappa shape index (κ3) is 2.32. The molecular weight excluding hydrogens is 234 g/mol. The van der Waals surface area contributed by atoms with Crippen LogP contribution < -0.4 is 5.32 Å². The molecule has 3 rings (SSSR count). The molecule has 2 aromatic heterocycles.